The lowest BCUT2D eigenvalue weighted by molar-refractivity contribution is -0.121. The Hall–Kier alpha value is -1.92. The quantitative estimate of drug-likeness (QED) is 0.671. The highest BCUT2D eigenvalue weighted by Gasteiger charge is 2.29. The summed E-state index contributed by atoms with van der Waals surface area (Å²) in [6.07, 6.45) is 0.429. The molecule has 0 saturated carbocycles. The lowest BCUT2D eigenvalue weighted by Gasteiger charge is -2.44. The first kappa shape index (κ1) is 21.4. The van der Waals surface area contributed by atoms with Gasteiger partial charge in [0.2, 0.25) is 5.91 Å². The first-order valence-corrected chi connectivity index (χ1v) is 9.77. The summed E-state index contributed by atoms with van der Waals surface area (Å²) in [5.41, 5.74) is 0.521. The van der Waals surface area contributed by atoms with E-state index in [-0.39, 0.29) is 30.1 Å². The second-order valence-corrected chi connectivity index (χ2v) is 7.66. The summed E-state index contributed by atoms with van der Waals surface area (Å²) in [6.45, 7) is 12.4. The van der Waals surface area contributed by atoms with Gasteiger partial charge in [-0.3, -0.25) is 14.5 Å². The summed E-state index contributed by atoms with van der Waals surface area (Å²) >= 11 is 0. The molecule has 27 heavy (non-hydrogen) atoms. The zero-order valence-corrected chi connectivity index (χ0v) is 17.1. The van der Waals surface area contributed by atoms with Crippen LogP contribution in [0.3, 0.4) is 0 Å². The van der Waals surface area contributed by atoms with E-state index in [2.05, 4.69) is 35.9 Å². The van der Waals surface area contributed by atoms with Crippen LogP contribution in [0.1, 0.15) is 44.0 Å². The van der Waals surface area contributed by atoms with Crippen molar-refractivity contribution in [2.45, 2.75) is 39.2 Å². The van der Waals surface area contributed by atoms with Crippen LogP contribution in [-0.4, -0.2) is 73.4 Å². The van der Waals surface area contributed by atoms with E-state index in [0.717, 1.165) is 32.7 Å². The maximum atomic E-state index is 12.2. The van der Waals surface area contributed by atoms with Gasteiger partial charge in [-0.05, 0) is 44.7 Å². The van der Waals surface area contributed by atoms with Crippen molar-refractivity contribution in [2.24, 2.45) is 0 Å². The van der Waals surface area contributed by atoms with Crippen LogP contribution in [0.5, 0.6) is 5.75 Å². The molecule has 0 aromatic heterocycles. The molecule has 0 aliphatic carbocycles. The Bertz CT molecular complexity index is 620. The second-order valence-electron chi connectivity index (χ2n) is 7.66. The van der Waals surface area contributed by atoms with E-state index in [1.165, 1.54) is 0 Å². The molecule has 1 aliphatic heterocycles. The van der Waals surface area contributed by atoms with Gasteiger partial charge in [-0.1, -0.05) is 6.92 Å². The average Bonchev–Trinajstić information content (AvgIpc) is 2.70. The minimum Gasteiger partial charge on any atom is -0.497 e. The molecule has 0 radical (unpaired) electrons. The Morgan fingerprint density at radius 1 is 1.07 bits per heavy atom. The smallest absolute Gasteiger partial charge is 0.220 e. The SMILES string of the molecule is CCN1CCN(C(C)(C)CNC(=O)CCC(=O)c2ccc(OC)cc2)CC1. The number of benzene rings is 1. The Balaban J connectivity index is 1.74. The third-order valence-electron chi connectivity index (χ3n) is 5.38. The number of Topliss-reactive ketones (excluding diaryl/α,β-unsaturated/α-hetero) is 1. The number of likely N-dealkylation sites (N-methyl/N-ethyl adjacent to an activating group) is 1. The molecule has 1 saturated heterocycles. The number of hydrogen-bond donors (Lipinski definition) is 1. The maximum Gasteiger partial charge on any atom is 0.220 e. The molecule has 1 amide bonds. The topological polar surface area (TPSA) is 61.9 Å². The number of ether oxygens (including phenoxy) is 1. The molecule has 150 valence electrons. The molecule has 1 aliphatic rings. The van der Waals surface area contributed by atoms with Crippen molar-refractivity contribution in [1.29, 1.82) is 0 Å². The van der Waals surface area contributed by atoms with Crippen LogP contribution < -0.4 is 10.1 Å². The van der Waals surface area contributed by atoms with Crippen LogP contribution in [0.2, 0.25) is 0 Å². The number of nitrogens with zero attached hydrogens (tertiary/aromatic N) is 2. The number of hydrogen-bond acceptors (Lipinski definition) is 5. The summed E-state index contributed by atoms with van der Waals surface area (Å²) in [5.74, 6) is 0.617. The Morgan fingerprint density at radius 3 is 2.26 bits per heavy atom. The summed E-state index contributed by atoms with van der Waals surface area (Å²) in [7, 11) is 1.59. The molecule has 0 spiro atoms. The van der Waals surface area contributed by atoms with Crippen LogP contribution in [0.15, 0.2) is 24.3 Å². The fourth-order valence-electron chi connectivity index (χ4n) is 3.33. The first-order chi connectivity index (χ1) is 12.9. The fraction of sp³-hybridized carbons (Fsp3) is 0.619. The molecular weight excluding hydrogens is 342 g/mol. The number of carbonyl (C=O) groups excluding carboxylic acids is 2. The van der Waals surface area contributed by atoms with Crippen molar-refractivity contribution in [3.63, 3.8) is 0 Å². The normalized spacial score (nSPS) is 16.1. The van der Waals surface area contributed by atoms with E-state index in [0.29, 0.717) is 17.9 Å². The monoisotopic (exact) mass is 375 g/mol. The van der Waals surface area contributed by atoms with Crippen molar-refractivity contribution >= 4 is 11.7 Å². The molecule has 0 atom stereocenters. The van der Waals surface area contributed by atoms with Crippen LogP contribution in [0.25, 0.3) is 0 Å². The van der Waals surface area contributed by atoms with Gasteiger partial charge >= 0.3 is 0 Å². The Kier molecular flexibility index (Phi) is 7.80. The number of rotatable bonds is 9. The lowest BCUT2D eigenvalue weighted by atomic mass is 10.0. The molecule has 1 aromatic carbocycles. The van der Waals surface area contributed by atoms with Gasteiger partial charge in [-0.2, -0.15) is 0 Å². The number of nitrogens with one attached hydrogen (secondary N) is 1. The summed E-state index contributed by atoms with van der Waals surface area (Å²) in [6, 6.07) is 6.98. The van der Waals surface area contributed by atoms with E-state index >= 15 is 0 Å². The number of amides is 1. The molecule has 1 aromatic rings. The van der Waals surface area contributed by atoms with Crippen molar-refractivity contribution in [2.75, 3.05) is 46.4 Å². The van der Waals surface area contributed by atoms with E-state index < -0.39 is 0 Å². The maximum absolute atomic E-state index is 12.2. The molecule has 1 fully saturated rings. The fourth-order valence-corrected chi connectivity index (χ4v) is 3.33. The summed E-state index contributed by atoms with van der Waals surface area (Å²) in [4.78, 5) is 29.3. The van der Waals surface area contributed by atoms with Crippen molar-refractivity contribution in [1.82, 2.24) is 15.1 Å². The van der Waals surface area contributed by atoms with Gasteiger partial charge in [-0.15, -0.1) is 0 Å². The standard InChI is InChI=1S/C21H33N3O3/c1-5-23-12-14-24(15-13-23)21(2,3)16-22-20(26)11-10-19(25)17-6-8-18(27-4)9-7-17/h6-9H,5,10-16H2,1-4H3,(H,22,26). The Morgan fingerprint density at radius 2 is 1.70 bits per heavy atom. The van der Waals surface area contributed by atoms with E-state index in [4.69, 9.17) is 4.74 Å². The molecule has 6 heteroatoms. The largest absolute Gasteiger partial charge is 0.497 e. The highest BCUT2D eigenvalue weighted by molar-refractivity contribution is 5.98. The minimum absolute atomic E-state index is 0.0252. The molecule has 6 nitrogen and oxygen atoms in total. The third-order valence-corrected chi connectivity index (χ3v) is 5.38. The summed E-state index contributed by atoms with van der Waals surface area (Å²) in [5, 5.41) is 3.00. The van der Waals surface area contributed by atoms with Gasteiger partial charge in [0, 0.05) is 56.7 Å². The van der Waals surface area contributed by atoms with Crippen LogP contribution >= 0.6 is 0 Å². The number of piperazine rings is 1. The zero-order valence-electron chi connectivity index (χ0n) is 17.1. The van der Waals surface area contributed by atoms with Crippen LogP contribution in [-0.2, 0) is 4.79 Å². The average molecular weight is 376 g/mol. The molecule has 1 N–H and O–H groups in total. The molecule has 2 rings (SSSR count). The van der Waals surface area contributed by atoms with Crippen molar-refractivity contribution < 1.29 is 14.3 Å². The first-order valence-electron chi connectivity index (χ1n) is 9.77. The summed E-state index contributed by atoms with van der Waals surface area (Å²) < 4.78 is 5.09. The van der Waals surface area contributed by atoms with E-state index in [9.17, 15) is 9.59 Å². The van der Waals surface area contributed by atoms with Gasteiger partial charge in [0.25, 0.3) is 0 Å². The highest BCUT2D eigenvalue weighted by Crippen LogP contribution is 2.17. The molecular formula is C21H33N3O3. The van der Waals surface area contributed by atoms with Gasteiger partial charge in [0.15, 0.2) is 5.78 Å². The van der Waals surface area contributed by atoms with E-state index in [1.54, 1.807) is 31.4 Å². The van der Waals surface area contributed by atoms with Gasteiger partial charge in [0.05, 0.1) is 7.11 Å². The third kappa shape index (κ3) is 6.33. The molecule has 0 unspecified atom stereocenters. The number of ketones is 1. The Labute approximate surface area is 162 Å². The second kappa shape index (κ2) is 9.85. The predicted octanol–water partition coefficient (Wildman–Crippen LogP) is 2.19. The number of carbonyl (C=O) groups is 2. The van der Waals surface area contributed by atoms with Crippen LogP contribution in [0, 0.1) is 0 Å². The molecule has 0 bridgehead atoms. The molecule has 1 heterocycles. The number of methoxy groups -OCH3 is 1. The van der Waals surface area contributed by atoms with Gasteiger partial charge < -0.3 is 15.0 Å². The van der Waals surface area contributed by atoms with E-state index in [1.807, 2.05) is 0 Å². The van der Waals surface area contributed by atoms with Gasteiger partial charge in [-0.25, -0.2) is 0 Å². The van der Waals surface area contributed by atoms with Crippen molar-refractivity contribution in [3.8, 4) is 5.75 Å². The minimum atomic E-state index is -0.0878. The highest BCUT2D eigenvalue weighted by atomic mass is 16.5. The van der Waals surface area contributed by atoms with Gasteiger partial charge in [0.1, 0.15) is 5.75 Å². The predicted molar refractivity (Wildman–Crippen MR) is 107 cm³/mol. The zero-order chi connectivity index (χ0) is 19.9. The lowest BCUT2D eigenvalue weighted by Crippen LogP contribution is -2.58. The van der Waals surface area contributed by atoms with Crippen LogP contribution in [0.4, 0.5) is 0 Å². The van der Waals surface area contributed by atoms with Crippen molar-refractivity contribution in [3.05, 3.63) is 29.8 Å².